The molecule has 0 atom stereocenters. The van der Waals surface area contributed by atoms with Gasteiger partial charge in [0, 0.05) is 11.0 Å². The average Bonchev–Trinajstić information content (AvgIpc) is 2.33. The van der Waals surface area contributed by atoms with Gasteiger partial charge in [0.2, 0.25) is 10.0 Å². The van der Waals surface area contributed by atoms with Crippen molar-refractivity contribution in [3.8, 4) is 0 Å². The van der Waals surface area contributed by atoms with Gasteiger partial charge in [-0.15, -0.1) is 12.4 Å². The normalized spacial score (nSPS) is 12.0. The predicted octanol–water partition coefficient (Wildman–Crippen LogP) is 2.91. The van der Waals surface area contributed by atoms with E-state index in [0.717, 1.165) is 12.1 Å². The van der Waals surface area contributed by atoms with Crippen molar-refractivity contribution in [1.29, 1.82) is 0 Å². The molecule has 0 aliphatic carbocycles. The van der Waals surface area contributed by atoms with Crippen LogP contribution in [0.25, 0.3) is 0 Å². The fraction of sp³-hybridized carbons (Fsp3) is 0.455. The summed E-state index contributed by atoms with van der Waals surface area (Å²) >= 11 is 2.88. The highest BCUT2D eigenvalue weighted by Gasteiger charge is 2.32. The summed E-state index contributed by atoms with van der Waals surface area (Å²) in [5.41, 5.74) is 4.25. The van der Waals surface area contributed by atoms with Gasteiger partial charge in [0.1, 0.15) is 0 Å². The van der Waals surface area contributed by atoms with Gasteiger partial charge in [-0.05, 0) is 37.6 Å². The molecule has 122 valence electrons. The Kier molecular flexibility index (Phi) is 8.19. The number of benzene rings is 1. The molecule has 0 bridgehead atoms. The maximum atomic E-state index is 12.6. The summed E-state index contributed by atoms with van der Waals surface area (Å²) in [5.74, 6) is 0. The molecule has 0 amide bonds. The van der Waals surface area contributed by atoms with Gasteiger partial charge in [-0.2, -0.15) is 13.2 Å². The van der Waals surface area contributed by atoms with Crippen molar-refractivity contribution in [2.75, 3.05) is 13.1 Å². The minimum atomic E-state index is -4.60. The first-order valence-electron chi connectivity index (χ1n) is 5.74. The van der Waals surface area contributed by atoms with Gasteiger partial charge in [0.25, 0.3) is 0 Å². The van der Waals surface area contributed by atoms with Crippen molar-refractivity contribution < 1.29 is 21.6 Å². The number of nitrogens with two attached hydrogens (primary N) is 1. The third-order valence-corrected chi connectivity index (χ3v) is 4.33. The van der Waals surface area contributed by atoms with E-state index < -0.39 is 26.7 Å². The van der Waals surface area contributed by atoms with Crippen LogP contribution in [0.1, 0.15) is 18.4 Å². The summed E-state index contributed by atoms with van der Waals surface area (Å²) in [7, 11) is -3.97. The van der Waals surface area contributed by atoms with Crippen molar-refractivity contribution >= 4 is 38.4 Å². The fourth-order valence-corrected chi connectivity index (χ4v) is 3.23. The van der Waals surface area contributed by atoms with E-state index >= 15 is 0 Å². The van der Waals surface area contributed by atoms with Crippen molar-refractivity contribution in [2.45, 2.75) is 23.9 Å². The summed E-state index contributed by atoms with van der Waals surface area (Å²) in [4.78, 5) is -0.424. The SMILES string of the molecule is Cl.NCCCCNS(=O)(=O)c1cc(Br)cc(C(F)(F)F)c1. The molecular weight excluding hydrogens is 397 g/mol. The van der Waals surface area contributed by atoms with E-state index in [9.17, 15) is 21.6 Å². The number of rotatable bonds is 6. The van der Waals surface area contributed by atoms with E-state index in [-0.39, 0.29) is 23.4 Å². The quantitative estimate of drug-likeness (QED) is 0.707. The monoisotopic (exact) mass is 410 g/mol. The molecule has 0 spiro atoms. The maximum absolute atomic E-state index is 12.6. The van der Waals surface area contributed by atoms with Crippen LogP contribution in [0.15, 0.2) is 27.6 Å². The molecule has 3 N–H and O–H groups in total. The topological polar surface area (TPSA) is 72.2 Å². The van der Waals surface area contributed by atoms with E-state index in [1.165, 1.54) is 0 Å². The smallest absolute Gasteiger partial charge is 0.330 e. The Hall–Kier alpha value is -0.350. The number of hydrogen-bond donors (Lipinski definition) is 2. The Morgan fingerprint density at radius 3 is 2.33 bits per heavy atom. The molecule has 0 radical (unpaired) electrons. The van der Waals surface area contributed by atoms with Crippen LogP contribution < -0.4 is 10.5 Å². The average molecular weight is 412 g/mol. The van der Waals surface area contributed by atoms with Crippen LogP contribution in [0, 0.1) is 0 Å². The summed E-state index contributed by atoms with van der Waals surface area (Å²) in [5, 5.41) is 0. The van der Waals surface area contributed by atoms with E-state index in [2.05, 4.69) is 20.7 Å². The second kappa shape index (κ2) is 8.33. The third-order valence-electron chi connectivity index (χ3n) is 2.43. The largest absolute Gasteiger partial charge is 0.416 e. The molecule has 0 saturated heterocycles. The summed E-state index contributed by atoms with van der Waals surface area (Å²) in [6.45, 7) is 0.560. The lowest BCUT2D eigenvalue weighted by molar-refractivity contribution is -0.137. The molecule has 0 unspecified atom stereocenters. The van der Waals surface area contributed by atoms with Crippen LogP contribution in [-0.4, -0.2) is 21.5 Å². The van der Waals surface area contributed by atoms with Crippen LogP contribution in [0.2, 0.25) is 0 Å². The van der Waals surface area contributed by atoms with Crippen LogP contribution >= 0.6 is 28.3 Å². The number of halogens is 5. The maximum Gasteiger partial charge on any atom is 0.416 e. The third kappa shape index (κ3) is 6.52. The lowest BCUT2D eigenvalue weighted by Crippen LogP contribution is -2.25. The highest BCUT2D eigenvalue weighted by atomic mass is 79.9. The second-order valence-electron chi connectivity index (χ2n) is 4.07. The van der Waals surface area contributed by atoms with Crippen molar-refractivity contribution in [3.63, 3.8) is 0 Å². The molecule has 0 saturated carbocycles. The number of hydrogen-bond acceptors (Lipinski definition) is 3. The second-order valence-corrected chi connectivity index (χ2v) is 6.75. The molecule has 10 heteroatoms. The summed E-state index contributed by atoms with van der Waals surface area (Å²) in [6, 6.07) is 2.56. The Balaban J connectivity index is 0.00000400. The van der Waals surface area contributed by atoms with Crippen LogP contribution in [0.5, 0.6) is 0 Å². The zero-order valence-corrected chi connectivity index (χ0v) is 14.0. The highest BCUT2D eigenvalue weighted by molar-refractivity contribution is 9.10. The molecule has 0 fully saturated rings. The fourth-order valence-electron chi connectivity index (χ4n) is 1.44. The zero-order chi connectivity index (χ0) is 15.4. The van der Waals surface area contributed by atoms with Gasteiger partial charge in [-0.25, -0.2) is 13.1 Å². The Labute approximate surface area is 135 Å². The summed E-state index contributed by atoms with van der Waals surface area (Å²) in [6.07, 6.45) is -3.45. The summed E-state index contributed by atoms with van der Waals surface area (Å²) < 4.78 is 64.0. The first-order valence-corrected chi connectivity index (χ1v) is 8.02. The molecule has 4 nitrogen and oxygen atoms in total. The van der Waals surface area contributed by atoms with Gasteiger partial charge in [-0.3, -0.25) is 0 Å². The van der Waals surface area contributed by atoms with Crippen LogP contribution in [-0.2, 0) is 16.2 Å². The Morgan fingerprint density at radius 1 is 1.19 bits per heavy atom. The first kappa shape index (κ1) is 20.6. The molecule has 0 heterocycles. The highest BCUT2D eigenvalue weighted by Crippen LogP contribution is 2.33. The van der Waals surface area contributed by atoms with Crippen LogP contribution in [0.3, 0.4) is 0 Å². The molecule has 21 heavy (non-hydrogen) atoms. The Morgan fingerprint density at radius 2 is 1.81 bits per heavy atom. The van der Waals surface area contributed by atoms with Crippen LogP contribution in [0.4, 0.5) is 13.2 Å². The zero-order valence-electron chi connectivity index (χ0n) is 10.8. The lowest BCUT2D eigenvalue weighted by Gasteiger charge is -2.11. The van der Waals surface area contributed by atoms with Crippen molar-refractivity contribution in [1.82, 2.24) is 4.72 Å². The molecule has 0 aromatic heterocycles. The molecule has 1 rings (SSSR count). The molecule has 1 aromatic rings. The number of nitrogens with one attached hydrogen (secondary N) is 1. The lowest BCUT2D eigenvalue weighted by atomic mass is 10.2. The first-order chi connectivity index (χ1) is 9.16. The molecular formula is C11H15BrClF3N2O2S. The number of alkyl halides is 3. The molecule has 1 aromatic carbocycles. The van der Waals surface area contributed by atoms with Gasteiger partial charge in [0.05, 0.1) is 10.5 Å². The van der Waals surface area contributed by atoms with E-state index in [1.54, 1.807) is 0 Å². The van der Waals surface area contributed by atoms with Gasteiger partial charge >= 0.3 is 6.18 Å². The van der Waals surface area contributed by atoms with E-state index in [4.69, 9.17) is 5.73 Å². The number of sulfonamides is 1. The molecule has 0 aliphatic rings. The van der Waals surface area contributed by atoms with E-state index in [1.807, 2.05) is 0 Å². The van der Waals surface area contributed by atoms with E-state index in [0.29, 0.717) is 25.5 Å². The minimum Gasteiger partial charge on any atom is -0.330 e. The molecule has 0 aliphatic heterocycles. The Bertz CT molecular complexity index is 567. The van der Waals surface area contributed by atoms with Gasteiger partial charge < -0.3 is 5.73 Å². The standard InChI is InChI=1S/C11H14BrF3N2O2S.ClH/c12-9-5-8(11(13,14)15)6-10(7-9)20(18,19)17-4-2-1-3-16;/h5-7,17H,1-4,16H2;1H. The van der Waals surface area contributed by atoms with Crippen molar-refractivity contribution in [3.05, 3.63) is 28.2 Å². The minimum absolute atomic E-state index is 0. The number of unbranched alkanes of at least 4 members (excludes halogenated alkanes) is 1. The predicted molar refractivity (Wildman–Crippen MR) is 79.9 cm³/mol. The van der Waals surface area contributed by atoms with Gasteiger partial charge in [-0.1, -0.05) is 15.9 Å². The van der Waals surface area contributed by atoms with Crippen molar-refractivity contribution in [2.24, 2.45) is 5.73 Å². The van der Waals surface area contributed by atoms with Gasteiger partial charge in [0.15, 0.2) is 0 Å².